The fourth-order valence-electron chi connectivity index (χ4n) is 4.06. The molecule has 0 unspecified atom stereocenters. The molecule has 0 spiro atoms. The average Bonchev–Trinajstić information content (AvgIpc) is 3.19. The summed E-state index contributed by atoms with van der Waals surface area (Å²) < 4.78 is 5.08. The van der Waals surface area contributed by atoms with Crippen LogP contribution in [0.25, 0.3) is 5.76 Å². The number of nitrogens with one attached hydrogen (secondary N) is 1. The van der Waals surface area contributed by atoms with Crippen molar-refractivity contribution >= 4 is 35.0 Å². The molecule has 1 fully saturated rings. The Morgan fingerprint density at radius 1 is 1.21 bits per heavy atom. The Bertz CT molecular complexity index is 1120. The number of H-pyrrole nitrogens is 1. The molecule has 0 aliphatic carbocycles. The zero-order chi connectivity index (χ0) is 24.4. The number of aromatic nitrogens is 1. The number of hydrogen-bond acceptors (Lipinski definition) is 6. The van der Waals surface area contributed by atoms with Crippen molar-refractivity contribution in [3.8, 4) is 0 Å². The van der Waals surface area contributed by atoms with Crippen LogP contribution in [0.2, 0.25) is 5.02 Å². The standard InChI is InChI=1S/C24H28ClN3O5/c1-6-33-24(32)19-13(2)17(14(3)26-19)21(29)18-20(15-7-9-16(25)10-8-15)28(12-11-27(4)5)23(31)22(18)30/h7-10,20,26,29H,6,11-12H2,1-5H3/b21-18+/t20-/m0/s1. The lowest BCUT2D eigenvalue weighted by molar-refractivity contribution is -0.140. The number of halogens is 1. The van der Waals surface area contributed by atoms with Crippen molar-refractivity contribution in [1.29, 1.82) is 0 Å². The molecule has 1 saturated heterocycles. The van der Waals surface area contributed by atoms with E-state index in [4.69, 9.17) is 16.3 Å². The van der Waals surface area contributed by atoms with E-state index in [-0.39, 0.29) is 23.6 Å². The molecular weight excluding hydrogens is 446 g/mol. The second kappa shape index (κ2) is 9.80. The molecule has 176 valence electrons. The molecule has 33 heavy (non-hydrogen) atoms. The van der Waals surface area contributed by atoms with Gasteiger partial charge < -0.3 is 24.6 Å². The van der Waals surface area contributed by atoms with Gasteiger partial charge in [0.2, 0.25) is 0 Å². The summed E-state index contributed by atoms with van der Waals surface area (Å²) in [6.07, 6.45) is 0. The van der Waals surface area contributed by atoms with Gasteiger partial charge in [0.1, 0.15) is 11.5 Å². The molecule has 1 aromatic heterocycles. The summed E-state index contributed by atoms with van der Waals surface area (Å²) in [5.41, 5.74) is 2.06. The van der Waals surface area contributed by atoms with Crippen molar-refractivity contribution in [2.75, 3.05) is 33.8 Å². The summed E-state index contributed by atoms with van der Waals surface area (Å²) in [5, 5.41) is 11.9. The number of rotatable bonds is 7. The molecule has 1 aliphatic heterocycles. The number of likely N-dealkylation sites (N-methyl/N-ethyl adjacent to an activating group) is 1. The van der Waals surface area contributed by atoms with E-state index >= 15 is 0 Å². The summed E-state index contributed by atoms with van der Waals surface area (Å²) in [7, 11) is 3.74. The largest absolute Gasteiger partial charge is 0.507 e. The number of hydrogen-bond donors (Lipinski definition) is 2. The SMILES string of the molecule is CCOC(=O)c1[nH]c(C)c(/C(O)=C2\C(=O)C(=O)N(CCN(C)C)[C@H]2c2ccc(Cl)cc2)c1C. The van der Waals surface area contributed by atoms with Crippen LogP contribution in [0.15, 0.2) is 29.8 Å². The Kier molecular flexibility index (Phi) is 7.29. The minimum Gasteiger partial charge on any atom is -0.507 e. The highest BCUT2D eigenvalue weighted by molar-refractivity contribution is 6.46. The second-order valence-corrected chi connectivity index (χ2v) is 8.63. The first-order chi connectivity index (χ1) is 15.6. The lowest BCUT2D eigenvalue weighted by Gasteiger charge is -2.26. The number of esters is 1. The van der Waals surface area contributed by atoms with Crippen LogP contribution in [0.1, 0.15) is 45.8 Å². The molecule has 2 heterocycles. The van der Waals surface area contributed by atoms with Crippen LogP contribution in [-0.2, 0) is 14.3 Å². The van der Waals surface area contributed by atoms with Crippen LogP contribution in [0.3, 0.4) is 0 Å². The van der Waals surface area contributed by atoms with E-state index in [0.717, 1.165) is 0 Å². The van der Waals surface area contributed by atoms with Gasteiger partial charge in [-0.1, -0.05) is 23.7 Å². The van der Waals surface area contributed by atoms with Crippen LogP contribution in [0, 0.1) is 13.8 Å². The van der Waals surface area contributed by atoms with Crippen molar-refractivity contribution in [3.63, 3.8) is 0 Å². The number of carbonyl (C=O) groups is 3. The first kappa shape index (κ1) is 24.5. The Hall–Kier alpha value is -3.10. The van der Waals surface area contributed by atoms with Crippen molar-refractivity contribution in [2.24, 2.45) is 0 Å². The number of benzene rings is 1. The van der Waals surface area contributed by atoms with E-state index in [0.29, 0.717) is 40.5 Å². The van der Waals surface area contributed by atoms with Gasteiger partial charge in [0.25, 0.3) is 11.7 Å². The smallest absolute Gasteiger partial charge is 0.355 e. The maximum atomic E-state index is 13.1. The third kappa shape index (κ3) is 4.67. The third-order valence-corrected chi connectivity index (χ3v) is 5.92. The average molecular weight is 474 g/mol. The maximum Gasteiger partial charge on any atom is 0.355 e. The molecule has 1 amide bonds. The number of nitrogens with zero attached hydrogens (tertiary/aromatic N) is 2. The van der Waals surface area contributed by atoms with Gasteiger partial charge in [-0.2, -0.15) is 0 Å². The number of ketones is 1. The van der Waals surface area contributed by atoms with Crippen LogP contribution >= 0.6 is 11.6 Å². The molecule has 9 heteroatoms. The first-order valence-corrected chi connectivity index (χ1v) is 11.0. The predicted octanol–water partition coefficient (Wildman–Crippen LogP) is 3.44. The number of aliphatic hydroxyl groups is 1. The second-order valence-electron chi connectivity index (χ2n) is 8.19. The lowest BCUT2D eigenvalue weighted by Crippen LogP contribution is -2.35. The van der Waals surface area contributed by atoms with Gasteiger partial charge in [0.05, 0.1) is 18.2 Å². The van der Waals surface area contributed by atoms with E-state index in [2.05, 4.69) is 4.98 Å². The van der Waals surface area contributed by atoms with E-state index < -0.39 is 23.7 Å². The molecule has 2 aromatic rings. The summed E-state index contributed by atoms with van der Waals surface area (Å²) in [6.45, 7) is 6.07. The third-order valence-electron chi connectivity index (χ3n) is 5.67. The number of aromatic amines is 1. The fraction of sp³-hybridized carbons (Fsp3) is 0.375. The van der Waals surface area contributed by atoms with Gasteiger partial charge >= 0.3 is 5.97 Å². The minimum atomic E-state index is -0.790. The van der Waals surface area contributed by atoms with E-state index in [9.17, 15) is 19.5 Å². The number of Topliss-reactive ketones (excluding diaryl/α,β-unsaturated/α-hetero) is 1. The summed E-state index contributed by atoms with van der Waals surface area (Å²) >= 11 is 6.05. The van der Waals surface area contributed by atoms with Crippen LogP contribution in [-0.4, -0.2) is 71.3 Å². The molecule has 2 N–H and O–H groups in total. The first-order valence-electron chi connectivity index (χ1n) is 10.6. The maximum absolute atomic E-state index is 13.1. The summed E-state index contributed by atoms with van der Waals surface area (Å²) in [4.78, 5) is 44.7. The monoisotopic (exact) mass is 473 g/mol. The van der Waals surface area contributed by atoms with E-state index in [1.807, 2.05) is 19.0 Å². The molecule has 1 atom stereocenters. The fourth-order valence-corrected chi connectivity index (χ4v) is 4.18. The topological polar surface area (TPSA) is 103 Å². The van der Waals surface area contributed by atoms with Crippen LogP contribution in [0.5, 0.6) is 0 Å². The number of aryl methyl sites for hydroxylation is 1. The van der Waals surface area contributed by atoms with Crippen LogP contribution in [0.4, 0.5) is 0 Å². The molecule has 3 rings (SSSR count). The molecular formula is C24H28ClN3O5. The van der Waals surface area contributed by atoms with Crippen LogP contribution < -0.4 is 0 Å². The van der Waals surface area contributed by atoms with Crippen molar-refractivity contribution in [1.82, 2.24) is 14.8 Å². The minimum absolute atomic E-state index is 0.0262. The van der Waals surface area contributed by atoms with Gasteiger partial charge in [-0.05, 0) is 58.1 Å². The Morgan fingerprint density at radius 2 is 1.85 bits per heavy atom. The summed E-state index contributed by atoms with van der Waals surface area (Å²) in [5.74, 6) is -2.35. The van der Waals surface area contributed by atoms with Crippen molar-refractivity contribution in [2.45, 2.75) is 26.8 Å². The Labute approximate surface area is 197 Å². The number of amides is 1. The highest BCUT2D eigenvalue weighted by atomic mass is 35.5. The predicted molar refractivity (Wildman–Crippen MR) is 125 cm³/mol. The lowest BCUT2D eigenvalue weighted by atomic mass is 9.94. The van der Waals surface area contributed by atoms with E-state index in [1.54, 1.807) is 45.0 Å². The Morgan fingerprint density at radius 3 is 2.42 bits per heavy atom. The number of aliphatic hydroxyl groups excluding tert-OH is 1. The molecule has 0 bridgehead atoms. The molecule has 1 aromatic carbocycles. The molecule has 0 saturated carbocycles. The molecule has 0 radical (unpaired) electrons. The number of ether oxygens (including phenoxy) is 1. The normalized spacial score (nSPS) is 17.8. The zero-order valence-corrected chi connectivity index (χ0v) is 20.1. The quantitative estimate of drug-likeness (QED) is 0.276. The molecule has 1 aliphatic rings. The Balaban J connectivity index is 2.19. The van der Waals surface area contributed by atoms with Crippen molar-refractivity contribution < 1.29 is 24.2 Å². The van der Waals surface area contributed by atoms with Gasteiger partial charge in [0, 0.05) is 29.4 Å². The molecule has 8 nitrogen and oxygen atoms in total. The van der Waals surface area contributed by atoms with Crippen molar-refractivity contribution in [3.05, 3.63) is 62.9 Å². The van der Waals surface area contributed by atoms with E-state index in [1.165, 1.54) is 4.90 Å². The van der Waals surface area contributed by atoms with Gasteiger partial charge in [0.15, 0.2) is 0 Å². The highest BCUT2D eigenvalue weighted by Crippen LogP contribution is 2.41. The number of likely N-dealkylation sites (tertiary alicyclic amines) is 1. The van der Waals surface area contributed by atoms with Gasteiger partial charge in [-0.3, -0.25) is 9.59 Å². The highest BCUT2D eigenvalue weighted by Gasteiger charge is 2.46. The van der Waals surface area contributed by atoms with Gasteiger partial charge in [-0.25, -0.2) is 4.79 Å². The summed E-state index contributed by atoms with van der Waals surface area (Å²) in [6, 6.07) is 6.02. The zero-order valence-electron chi connectivity index (χ0n) is 19.4. The van der Waals surface area contributed by atoms with Gasteiger partial charge in [-0.15, -0.1) is 0 Å². The number of carbonyl (C=O) groups excluding carboxylic acids is 3.